The van der Waals surface area contributed by atoms with Gasteiger partial charge in [0.15, 0.2) is 0 Å². The third kappa shape index (κ3) is 5.51. The summed E-state index contributed by atoms with van der Waals surface area (Å²) in [6.07, 6.45) is 0.0107. The summed E-state index contributed by atoms with van der Waals surface area (Å²) in [7, 11) is 0. The number of hydrogen-bond acceptors (Lipinski definition) is 4. The molecule has 0 radical (unpaired) electrons. The van der Waals surface area contributed by atoms with Crippen LogP contribution in [0.3, 0.4) is 0 Å². The first-order chi connectivity index (χ1) is 13.1. The molecule has 154 valence electrons. The zero-order chi connectivity index (χ0) is 20.9. The lowest BCUT2D eigenvalue weighted by molar-refractivity contribution is -0.137. The zero-order valence-corrected chi connectivity index (χ0v) is 16.8. The lowest BCUT2D eigenvalue weighted by atomic mass is 10.2. The Kier molecular flexibility index (Phi) is 7.54. The predicted octanol–water partition coefficient (Wildman–Crippen LogP) is 5.84. The molecule has 0 aliphatic carbocycles. The molecule has 0 fully saturated rings. The van der Waals surface area contributed by atoms with E-state index in [-0.39, 0.29) is 21.8 Å². The third-order valence-electron chi connectivity index (χ3n) is 3.84. The zero-order valence-electron chi connectivity index (χ0n) is 15.2. The minimum absolute atomic E-state index is 0.0268. The van der Waals surface area contributed by atoms with Crippen molar-refractivity contribution in [3.63, 3.8) is 0 Å². The van der Waals surface area contributed by atoms with Gasteiger partial charge in [0.1, 0.15) is 10.0 Å². The lowest BCUT2D eigenvalue weighted by Gasteiger charge is -2.09. The van der Waals surface area contributed by atoms with Crippen molar-refractivity contribution < 1.29 is 22.7 Å². The number of nitrogens with one attached hydrogen (secondary N) is 1. The van der Waals surface area contributed by atoms with Crippen molar-refractivity contribution in [2.45, 2.75) is 45.7 Å². The molecule has 0 saturated carbocycles. The molecule has 2 aromatic rings. The fraction of sp³-hybridized carbons (Fsp3) is 0.471. The van der Waals surface area contributed by atoms with Crippen LogP contribution in [-0.2, 0) is 6.18 Å². The van der Waals surface area contributed by atoms with Crippen LogP contribution >= 0.6 is 23.2 Å². The molecule has 0 spiro atoms. The molecule has 11 heteroatoms. The van der Waals surface area contributed by atoms with Crippen molar-refractivity contribution in [2.24, 2.45) is 0 Å². The van der Waals surface area contributed by atoms with Crippen molar-refractivity contribution in [2.75, 3.05) is 6.54 Å². The molecule has 28 heavy (non-hydrogen) atoms. The Hall–Kier alpha value is -2.00. The van der Waals surface area contributed by atoms with E-state index in [1.807, 2.05) is 0 Å². The summed E-state index contributed by atoms with van der Waals surface area (Å²) < 4.78 is 44.4. The minimum Gasteiger partial charge on any atom is -0.416 e. The van der Waals surface area contributed by atoms with E-state index in [0.717, 1.165) is 30.4 Å². The van der Waals surface area contributed by atoms with Crippen LogP contribution in [0.4, 0.5) is 18.0 Å². The number of hydrogen-bond donors (Lipinski definition) is 1. The number of halogens is 5. The van der Waals surface area contributed by atoms with Gasteiger partial charge in [0.05, 0.1) is 11.3 Å². The highest BCUT2D eigenvalue weighted by Gasteiger charge is 2.32. The van der Waals surface area contributed by atoms with Gasteiger partial charge in [-0.05, 0) is 19.4 Å². The molecule has 0 bridgehead atoms. The van der Waals surface area contributed by atoms with Gasteiger partial charge in [-0.15, -0.1) is 5.10 Å². The van der Waals surface area contributed by atoms with E-state index < -0.39 is 17.8 Å². The second kappa shape index (κ2) is 9.47. The number of ether oxygens (including phenoxy) is 1. The number of aromatic nitrogens is 3. The molecule has 0 saturated heterocycles. The first-order valence-electron chi connectivity index (χ1n) is 8.59. The second-order valence-corrected chi connectivity index (χ2v) is 6.80. The number of pyridine rings is 1. The molecule has 0 aromatic carbocycles. The largest absolute Gasteiger partial charge is 0.417 e. The number of carbonyl (C=O) groups is 1. The maximum Gasteiger partial charge on any atom is 0.417 e. The number of carbonyl (C=O) groups excluding carboxylic acids is 1. The topological polar surface area (TPSA) is 69.0 Å². The summed E-state index contributed by atoms with van der Waals surface area (Å²) in [4.78, 5) is 15.8. The standard InChI is InChI=1S/C17H19Cl2F3N4O2/c1-3-4-5-6-7-23-16(27)26-10(2)13(19)15(25-26)28-14-12(18)8-11(9-24-14)17(20,21)22/h8-9H,3-7H2,1-2H3,(H,23,27). The van der Waals surface area contributed by atoms with Crippen LogP contribution in [0, 0.1) is 6.92 Å². The molecule has 2 heterocycles. The molecule has 6 nitrogen and oxygen atoms in total. The van der Waals surface area contributed by atoms with Crippen LogP contribution < -0.4 is 10.1 Å². The highest BCUT2D eigenvalue weighted by atomic mass is 35.5. The first kappa shape index (κ1) is 22.3. The lowest BCUT2D eigenvalue weighted by Crippen LogP contribution is -2.30. The maximum atomic E-state index is 12.7. The number of nitrogens with zero attached hydrogens (tertiary/aromatic N) is 3. The summed E-state index contributed by atoms with van der Waals surface area (Å²) in [5, 5.41) is 6.34. The fourth-order valence-electron chi connectivity index (χ4n) is 2.29. The third-order valence-corrected chi connectivity index (χ3v) is 4.55. The smallest absolute Gasteiger partial charge is 0.416 e. The fourth-order valence-corrected chi connectivity index (χ4v) is 2.65. The number of rotatable bonds is 7. The molecule has 2 aromatic heterocycles. The van der Waals surface area contributed by atoms with Gasteiger partial charge in [-0.2, -0.15) is 17.9 Å². The maximum absolute atomic E-state index is 12.7. The van der Waals surface area contributed by atoms with Crippen molar-refractivity contribution in [1.82, 2.24) is 20.1 Å². The SMILES string of the molecule is CCCCCCNC(=O)n1nc(Oc2ncc(C(F)(F)F)cc2Cl)c(Cl)c1C. The quantitative estimate of drug-likeness (QED) is 0.551. The molecule has 0 unspecified atom stereocenters. The summed E-state index contributed by atoms with van der Waals surface area (Å²) in [6, 6.07) is 0.196. The Labute approximate surface area is 170 Å². The normalized spacial score (nSPS) is 11.5. The van der Waals surface area contributed by atoms with Gasteiger partial charge in [-0.1, -0.05) is 49.4 Å². The van der Waals surface area contributed by atoms with Crippen LogP contribution in [0.1, 0.15) is 43.9 Å². The van der Waals surface area contributed by atoms with Crippen molar-refractivity contribution in [3.8, 4) is 11.8 Å². The molecule has 0 atom stereocenters. The Bertz CT molecular complexity index is 841. The van der Waals surface area contributed by atoms with Gasteiger partial charge < -0.3 is 10.1 Å². The van der Waals surface area contributed by atoms with Gasteiger partial charge >= 0.3 is 12.2 Å². The van der Waals surface area contributed by atoms with Gasteiger partial charge in [0, 0.05) is 12.7 Å². The number of alkyl halides is 3. The summed E-state index contributed by atoms with van der Waals surface area (Å²) in [5.74, 6) is -0.490. The van der Waals surface area contributed by atoms with Crippen LogP contribution in [0.2, 0.25) is 10.0 Å². The van der Waals surface area contributed by atoms with E-state index >= 15 is 0 Å². The molecule has 2 rings (SSSR count). The van der Waals surface area contributed by atoms with Crippen molar-refractivity contribution in [1.29, 1.82) is 0 Å². The van der Waals surface area contributed by atoms with E-state index in [1.165, 1.54) is 0 Å². The molecular formula is C17H19Cl2F3N4O2. The Morgan fingerprint density at radius 3 is 2.57 bits per heavy atom. The Morgan fingerprint density at radius 2 is 1.96 bits per heavy atom. The minimum atomic E-state index is -4.58. The van der Waals surface area contributed by atoms with Crippen LogP contribution in [0.5, 0.6) is 11.8 Å². The van der Waals surface area contributed by atoms with E-state index in [0.29, 0.717) is 24.5 Å². The average molecular weight is 439 g/mol. The molecule has 0 aliphatic rings. The number of amides is 1. The van der Waals surface area contributed by atoms with Gasteiger partial charge in [0.25, 0.3) is 5.88 Å². The monoisotopic (exact) mass is 438 g/mol. The van der Waals surface area contributed by atoms with E-state index in [4.69, 9.17) is 27.9 Å². The Morgan fingerprint density at radius 1 is 1.25 bits per heavy atom. The summed E-state index contributed by atoms with van der Waals surface area (Å²) in [6.45, 7) is 4.13. The van der Waals surface area contributed by atoms with E-state index in [9.17, 15) is 18.0 Å². The highest BCUT2D eigenvalue weighted by Crippen LogP contribution is 2.36. The average Bonchev–Trinajstić information content (AvgIpc) is 2.90. The van der Waals surface area contributed by atoms with Gasteiger partial charge in [0.2, 0.25) is 5.88 Å². The number of unbranched alkanes of at least 4 members (excludes halogenated alkanes) is 3. The van der Waals surface area contributed by atoms with Crippen LogP contribution in [0.15, 0.2) is 12.3 Å². The first-order valence-corrected chi connectivity index (χ1v) is 9.34. The van der Waals surface area contributed by atoms with Crippen molar-refractivity contribution in [3.05, 3.63) is 33.6 Å². The van der Waals surface area contributed by atoms with Crippen LogP contribution in [-0.4, -0.2) is 27.3 Å². The Balaban J connectivity index is 2.11. The van der Waals surface area contributed by atoms with Gasteiger partial charge in [-0.3, -0.25) is 0 Å². The molecule has 1 amide bonds. The summed E-state index contributed by atoms with van der Waals surface area (Å²) >= 11 is 11.9. The van der Waals surface area contributed by atoms with Crippen molar-refractivity contribution >= 4 is 29.2 Å². The second-order valence-electron chi connectivity index (χ2n) is 6.02. The molecule has 1 N–H and O–H groups in total. The predicted molar refractivity (Wildman–Crippen MR) is 99.2 cm³/mol. The molecular weight excluding hydrogens is 420 g/mol. The van der Waals surface area contributed by atoms with E-state index in [2.05, 4.69) is 22.3 Å². The highest BCUT2D eigenvalue weighted by molar-refractivity contribution is 6.33. The summed E-state index contributed by atoms with van der Waals surface area (Å²) in [5.41, 5.74) is -0.703. The molecule has 0 aliphatic heterocycles. The van der Waals surface area contributed by atoms with Crippen LogP contribution in [0.25, 0.3) is 0 Å². The van der Waals surface area contributed by atoms with E-state index in [1.54, 1.807) is 6.92 Å². The van der Waals surface area contributed by atoms with Gasteiger partial charge in [-0.25, -0.2) is 9.78 Å².